The van der Waals surface area contributed by atoms with E-state index < -0.39 is 30.4 Å². The smallest absolute Gasteiger partial charge is 0.769 e. The van der Waals surface area contributed by atoms with Crippen LogP contribution in [-0.4, -0.2) is 24.6 Å². The van der Waals surface area contributed by atoms with E-state index in [1.165, 1.54) is 202 Å². The third kappa shape index (κ3) is 59.8. The third-order valence-electron chi connectivity index (χ3n) is 21.0. The van der Waals surface area contributed by atoms with Gasteiger partial charge in [-0.1, -0.05) is 363 Å². The number of hydrogen-bond donors (Lipinski definition) is 0. The standard InChI is InChI=1S/4C23H41O3P.Mo/c4*1-4-7-9-10-11-12-13-15-22-16-18-23(19-17-22)26-27(24,25)20-21(6-3)14-8-5-2;/h4*16-19,21H,4-15,20H2,1-3H3,(H,24,25);/q;;;;+4/p-4. The van der Waals surface area contributed by atoms with Crippen LogP contribution in [0.4, 0.5) is 0 Å². The summed E-state index contributed by atoms with van der Waals surface area (Å²) in [5.41, 5.74) is 5.02. The second-order valence-electron chi connectivity index (χ2n) is 31.3. The Hall–Kier alpha value is -2.47. The Kier molecular flexibility index (Phi) is 67.2. The molecule has 8 atom stereocenters. The van der Waals surface area contributed by atoms with Crippen molar-refractivity contribution in [2.75, 3.05) is 24.6 Å². The predicted octanol–water partition coefficient (Wildman–Crippen LogP) is 28.5. The van der Waals surface area contributed by atoms with Gasteiger partial charge in [0.25, 0.3) is 0 Å². The molecule has 0 saturated heterocycles. The molecule has 0 spiro atoms. The fourth-order valence-electron chi connectivity index (χ4n) is 13.7. The van der Waals surface area contributed by atoms with Gasteiger partial charge in [0, 0.05) is 24.6 Å². The largest absolute Gasteiger partial charge is 4.00 e. The fraction of sp³-hybridized carbons (Fsp3) is 0.739. The molecule has 12 nitrogen and oxygen atoms in total. The second-order valence-corrected chi connectivity index (χ2v) is 38.3. The van der Waals surface area contributed by atoms with Crippen LogP contribution in [0.15, 0.2) is 97.1 Å². The van der Waals surface area contributed by atoms with Crippen molar-refractivity contribution in [2.45, 2.75) is 391 Å². The first-order valence-electron chi connectivity index (χ1n) is 44.4. The van der Waals surface area contributed by atoms with Crippen molar-refractivity contribution < 1.29 is 77.0 Å². The van der Waals surface area contributed by atoms with Gasteiger partial charge in [0.2, 0.25) is 0 Å². The quantitative estimate of drug-likeness (QED) is 0.0231. The molecule has 8 unspecified atom stereocenters. The molecular weight excluding hydrogens is 1520 g/mol. The first-order chi connectivity index (χ1) is 52.0. The van der Waals surface area contributed by atoms with Crippen LogP contribution in [-0.2, 0) is 65.0 Å². The van der Waals surface area contributed by atoms with Crippen molar-refractivity contribution in [2.24, 2.45) is 23.7 Å². The Morgan fingerprint density at radius 1 is 0.229 bits per heavy atom. The first-order valence-corrected chi connectivity index (χ1v) is 51.3. The molecule has 0 fully saturated rings. The van der Waals surface area contributed by atoms with E-state index in [-0.39, 0.29) is 69.4 Å². The van der Waals surface area contributed by atoms with Gasteiger partial charge in [0.05, 0.1) is 0 Å². The van der Waals surface area contributed by atoms with Crippen LogP contribution in [0.3, 0.4) is 0 Å². The zero-order valence-electron chi connectivity index (χ0n) is 71.4. The maximum absolute atomic E-state index is 12.3. The zero-order chi connectivity index (χ0) is 79.8. The summed E-state index contributed by atoms with van der Waals surface area (Å²) >= 11 is 0. The summed E-state index contributed by atoms with van der Waals surface area (Å²) in [7, 11) is -15.3. The molecule has 4 aromatic carbocycles. The summed E-state index contributed by atoms with van der Waals surface area (Å²) < 4.78 is 70.8. The molecule has 0 bridgehead atoms. The summed E-state index contributed by atoms with van der Waals surface area (Å²) in [6.45, 7) is 25.7. The van der Waals surface area contributed by atoms with Crippen LogP contribution < -0.4 is 37.7 Å². The van der Waals surface area contributed by atoms with Gasteiger partial charge in [-0.15, -0.1) is 0 Å². The van der Waals surface area contributed by atoms with Crippen LogP contribution in [0.2, 0.25) is 0 Å². The Bertz CT molecular complexity index is 2510. The maximum atomic E-state index is 12.3. The molecule has 4 aromatic rings. The van der Waals surface area contributed by atoms with Crippen LogP contribution >= 0.6 is 30.4 Å². The minimum absolute atomic E-state index is 0. The summed E-state index contributed by atoms with van der Waals surface area (Å²) in [6.07, 6.45) is 57.4. The molecule has 4 rings (SSSR count). The molecule has 0 aliphatic rings. The fourth-order valence-corrected chi connectivity index (χ4v) is 20.1. The van der Waals surface area contributed by atoms with Gasteiger partial charge in [-0.2, -0.15) is 0 Å². The number of hydrogen-bond acceptors (Lipinski definition) is 12. The van der Waals surface area contributed by atoms with Crippen molar-refractivity contribution in [3.05, 3.63) is 119 Å². The minimum atomic E-state index is -3.83. The van der Waals surface area contributed by atoms with E-state index in [9.17, 15) is 37.8 Å². The molecular formula is C92H160MoO12P4. The van der Waals surface area contributed by atoms with E-state index in [1.54, 1.807) is 48.5 Å². The average Bonchev–Trinajstić information content (AvgIpc) is 0.883. The molecule has 0 aliphatic heterocycles. The van der Waals surface area contributed by atoms with Gasteiger partial charge in [0.15, 0.2) is 30.4 Å². The van der Waals surface area contributed by atoms with Gasteiger partial charge < -0.3 is 37.7 Å². The predicted molar refractivity (Wildman–Crippen MR) is 458 cm³/mol. The number of rotatable bonds is 64. The topological polar surface area (TPSA) is 197 Å². The molecule has 0 N–H and O–H groups in total. The zero-order valence-corrected chi connectivity index (χ0v) is 77.0. The van der Waals surface area contributed by atoms with Crippen LogP contribution in [0.25, 0.3) is 0 Å². The van der Waals surface area contributed by atoms with Gasteiger partial charge in [0.1, 0.15) is 23.0 Å². The van der Waals surface area contributed by atoms with E-state index in [4.69, 9.17) is 18.1 Å². The SMILES string of the molecule is CCCCCCCCCc1ccc(OP(=O)([O-])CC(CC)CCCC)cc1.CCCCCCCCCc1ccc(OP(=O)([O-])CC(CC)CCCC)cc1.CCCCCCCCCc1ccc(OP(=O)([O-])CC(CC)CCCC)cc1.CCCCCCCCCc1ccc(OP(=O)([O-])CC(CC)CCCC)cc1.[Mo+4]. The second kappa shape index (κ2) is 68.7. The Balaban J connectivity index is 0.00000142. The van der Waals surface area contributed by atoms with E-state index in [0.29, 0.717) is 23.0 Å². The van der Waals surface area contributed by atoms with E-state index in [2.05, 4.69) is 83.1 Å². The van der Waals surface area contributed by atoms with E-state index >= 15 is 0 Å². The summed E-state index contributed by atoms with van der Waals surface area (Å²) in [6, 6.07) is 30.4. The molecule has 0 radical (unpaired) electrons. The van der Waals surface area contributed by atoms with Gasteiger partial charge >= 0.3 is 21.1 Å². The van der Waals surface area contributed by atoms with Crippen LogP contribution in [0.5, 0.6) is 23.0 Å². The molecule has 109 heavy (non-hydrogen) atoms. The van der Waals surface area contributed by atoms with E-state index in [0.717, 1.165) is 128 Å². The molecule has 0 saturated carbocycles. The molecule has 626 valence electrons. The normalized spacial score (nSPS) is 14.5. The molecule has 17 heteroatoms. The minimum Gasteiger partial charge on any atom is -0.769 e. The van der Waals surface area contributed by atoms with Gasteiger partial charge in [-0.25, -0.2) is 0 Å². The summed E-state index contributed by atoms with van der Waals surface area (Å²) in [5.74, 6) is 2.58. The molecule has 0 heterocycles. The van der Waals surface area contributed by atoms with Crippen molar-refractivity contribution >= 4 is 30.4 Å². The van der Waals surface area contributed by atoms with E-state index in [1.807, 2.05) is 48.5 Å². The average molecular weight is 1680 g/mol. The van der Waals surface area contributed by atoms with Crippen LogP contribution in [0.1, 0.15) is 388 Å². The molecule has 0 aromatic heterocycles. The molecule has 0 aliphatic carbocycles. The Labute approximate surface area is 684 Å². The number of unbranched alkanes of at least 4 members (excludes halogenated alkanes) is 28. The van der Waals surface area contributed by atoms with Crippen molar-refractivity contribution in [1.29, 1.82) is 0 Å². The Morgan fingerprint density at radius 2 is 0.376 bits per heavy atom. The maximum Gasteiger partial charge on any atom is 4.00 e. The van der Waals surface area contributed by atoms with Gasteiger partial charge in [-0.3, -0.25) is 18.3 Å². The molecule has 0 amide bonds. The first kappa shape index (κ1) is 107. The number of benzene rings is 4. The summed E-state index contributed by atoms with van der Waals surface area (Å²) in [4.78, 5) is 49.4. The van der Waals surface area contributed by atoms with Crippen molar-refractivity contribution in [3.8, 4) is 23.0 Å². The third-order valence-corrected chi connectivity index (χ3v) is 26.9. The monoisotopic (exact) mass is 1680 g/mol. The van der Waals surface area contributed by atoms with Crippen LogP contribution in [0, 0.1) is 23.7 Å². The number of aryl methyl sites for hydroxylation is 4. The van der Waals surface area contributed by atoms with Gasteiger partial charge in [-0.05, 0) is 172 Å². The Morgan fingerprint density at radius 3 is 0.523 bits per heavy atom. The summed E-state index contributed by atoms with van der Waals surface area (Å²) in [5, 5.41) is 0. The van der Waals surface area contributed by atoms with Crippen molar-refractivity contribution in [1.82, 2.24) is 0 Å². The van der Waals surface area contributed by atoms with Crippen molar-refractivity contribution in [3.63, 3.8) is 0 Å².